The molecule has 0 radical (unpaired) electrons. The van der Waals surface area contributed by atoms with E-state index < -0.39 is 0 Å². The Labute approximate surface area is 101 Å². The van der Waals surface area contributed by atoms with Gasteiger partial charge in [0.2, 0.25) is 0 Å². The molecule has 2 rings (SSSR count). The molecule has 17 heavy (non-hydrogen) atoms. The van der Waals surface area contributed by atoms with Gasteiger partial charge in [0.1, 0.15) is 11.5 Å². The van der Waals surface area contributed by atoms with E-state index in [1.54, 1.807) is 18.2 Å². The summed E-state index contributed by atoms with van der Waals surface area (Å²) < 4.78 is 0. The van der Waals surface area contributed by atoms with Crippen molar-refractivity contribution in [3.8, 4) is 22.6 Å². The molecule has 88 valence electrons. The van der Waals surface area contributed by atoms with Gasteiger partial charge in [-0.3, -0.25) is 0 Å². The van der Waals surface area contributed by atoms with E-state index in [2.05, 4.69) is 0 Å². The zero-order valence-electron chi connectivity index (χ0n) is 10.3. The first-order valence-corrected chi connectivity index (χ1v) is 5.58. The summed E-state index contributed by atoms with van der Waals surface area (Å²) in [5, 5.41) is 19.3. The van der Waals surface area contributed by atoms with Crippen LogP contribution in [0.2, 0.25) is 0 Å². The number of benzene rings is 2. The Balaban J connectivity index is 2.64. The molecule has 0 spiro atoms. The predicted molar refractivity (Wildman–Crippen MR) is 69.4 cm³/mol. The average Bonchev–Trinajstić information content (AvgIpc) is 2.22. The zero-order chi connectivity index (χ0) is 12.6. The van der Waals surface area contributed by atoms with Crippen molar-refractivity contribution in [1.29, 1.82) is 0 Å². The van der Waals surface area contributed by atoms with Crippen LogP contribution in [0.1, 0.15) is 16.7 Å². The molecule has 0 aliphatic rings. The lowest BCUT2D eigenvalue weighted by Crippen LogP contribution is -1.87. The van der Waals surface area contributed by atoms with Gasteiger partial charge in [-0.1, -0.05) is 6.07 Å². The van der Waals surface area contributed by atoms with Crippen molar-refractivity contribution in [2.75, 3.05) is 0 Å². The fourth-order valence-electron chi connectivity index (χ4n) is 2.03. The van der Waals surface area contributed by atoms with Gasteiger partial charge in [-0.15, -0.1) is 0 Å². The van der Waals surface area contributed by atoms with Crippen molar-refractivity contribution in [3.05, 3.63) is 47.0 Å². The van der Waals surface area contributed by atoms with E-state index in [-0.39, 0.29) is 5.75 Å². The van der Waals surface area contributed by atoms with E-state index in [1.807, 2.05) is 32.9 Å². The van der Waals surface area contributed by atoms with Crippen LogP contribution in [0, 0.1) is 20.8 Å². The SMILES string of the molecule is Cc1cc(O)cc(-c2cc(C)c(O)cc2C)c1. The summed E-state index contributed by atoms with van der Waals surface area (Å²) in [5.74, 6) is 0.577. The maximum absolute atomic E-state index is 9.63. The summed E-state index contributed by atoms with van der Waals surface area (Å²) in [6.45, 7) is 5.77. The summed E-state index contributed by atoms with van der Waals surface area (Å²) in [7, 11) is 0. The van der Waals surface area contributed by atoms with Crippen LogP contribution in [0.4, 0.5) is 0 Å². The highest BCUT2D eigenvalue weighted by Crippen LogP contribution is 2.31. The molecule has 0 aliphatic carbocycles. The van der Waals surface area contributed by atoms with Crippen LogP contribution in [0.15, 0.2) is 30.3 Å². The lowest BCUT2D eigenvalue weighted by atomic mass is 9.96. The van der Waals surface area contributed by atoms with Crippen molar-refractivity contribution in [1.82, 2.24) is 0 Å². The molecule has 2 N–H and O–H groups in total. The molecular formula is C15H16O2. The Bertz CT molecular complexity index is 551. The fourth-order valence-corrected chi connectivity index (χ4v) is 2.03. The zero-order valence-corrected chi connectivity index (χ0v) is 10.3. The van der Waals surface area contributed by atoms with E-state index in [1.165, 1.54) is 0 Å². The average molecular weight is 228 g/mol. The number of aromatic hydroxyl groups is 2. The number of hydrogen-bond donors (Lipinski definition) is 2. The second kappa shape index (κ2) is 4.13. The van der Waals surface area contributed by atoms with Crippen LogP contribution >= 0.6 is 0 Å². The topological polar surface area (TPSA) is 40.5 Å². The van der Waals surface area contributed by atoms with Gasteiger partial charge in [0.05, 0.1) is 0 Å². The molecule has 2 aromatic carbocycles. The molecule has 0 saturated heterocycles. The van der Waals surface area contributed by atoms with Crippen LogP contribution in [-0.2, 0) is 0 Å². The van der Waals surface area contributed by atoms with Crippen LogP contribution < -0.4 is 0 Å². The third-order valence-electron chi connectivity index (χ3n) is 2.92. The van der Waals surface area contributed by atoms with Gasteiger partial charge in [0.25, 0.3) is 0 Å². The molecule has 0 unspecified atom stereocenters. The lowest BCUT2D eigenvalue weighted by molar-refractivity contribution is 0.471. The number of hydrogen-bond acceptors (Lipinski definition) is 2. The minimum Gasteiger partial charge on any atom is -0.508 e. The van der Waals surface area contributed by atoms with Crippen molar-refractivity contribution < 1.29 is 10.2 Å². The molecular weight excluding hydrogens is 212 g/mol. The molecule has 0 atom stereocenters. The van der Waals surface area contributed by atoms with Crippen molar-refractivity contribution in [2.45, 2.75) is 20.8 Å². The van der Waals surface area contributed by atoms with Crippen LogP contribution in [0.5, 0.6) is 11.5 Å². The quantitative estimate of drug-likeness (QED) is 0.781. The third-order valence-corrected chi connectivity index (χ3v) is 2.92. The standard InChI is InChI=1S/C15H16O2/c1-9-4-12(8-13(16)5-9)14-6-11(3)15(17)7-10(14)2/h4-8,16-17H,1-3H3. The van der Waals surface area contributed by atoms with E-state index >= 15 is 0 Å². The normalized spacial score (nSPS) is 10.5. The van der Waals surface area contributed by atoms with E-state index in [9.17, 15) is 10.2 Å². The Morgan fingerprint density at radius 3 is 2.12 bits per heavy atom. The number of aryl methyl sites for hydroxylation is 3. The van der Waals surface area contributed by atoms with Gasteiger partial charge in [0, 0.05) is 0 Å². The van der Waals surface area contributed by atoms with Gasteiger partial charge < -0.3 is 10.2 Å². The highest BCUT2D eigenvalue weighted by molar-refractivity contribution is 5.71. The fraction of sp³-hybridized carbons (Fsp3) is 0.200. The Hall–Kier alpha value is -1.96. The van der Waals surface area contributed by atoms with Crippen molar-refractivity contribution >= 4 is 0 Å². The molecule has 0 heterocycles. The first-order valence-electron chi connectivity index (χ1n) is 5.58. The van der Waals surface area contributed by atoms with Gasteiger partial charge >= 0.3 is 0 Å². The number of phenolic OH excluding ortho intramolecular Hbond substituents is 2. The molecule has 2 nitrogen and oxygen atoms in total. The van der Waals surface area contributed by atoms with Gasteiger partial charge in [0.15, 0.2) is 0 Å². The lowest BCUT2D eigenvalue weighted by Gasteiger charge is -2.10. The van der Waals surface area contributed by atoms with Crippen LogP contribution in [-0.4, -0.2) is 10.2 Å². The monoisotopic (exact) mass is 228 g/mol. The summed E-state index contributed by atoms with van der Waals surface area (Å²) >= 11 is 0. The second-order valence-electron chi connectivity index (χ2n) is 4.51. The van der Waals surface area contributed by atoms with Crippen molar-refractivity contribution in [3.63, 3.8) is 0 Å². The van der Waals surface area contributed by atoms with Gasteiger partial charge in [-0.25, -0.2) is 0 Å². The minimum absolute atomic E-state index is 0.269. The van der Waals surface area contributed by atoms with Gasteiger partial charge in [-0.05, 0) is 72.9 Å². The molecule has 2 aromatic rings. The molecule has 0 saturated carbocycles. The van der Waals surface area contributed by atoms with E-state index in [0.29, 0.717) is 5.75 Å². The Morgan fingerprint density at radius 1 is 0.765 bits per heavy atom. The number of phenols is 2. The summed E-state index contributed by atoms with van der Waals surface area (Å²) in [6.07, 6.45) is 0. The third kappa shape index (κ3) is 2.26. The summed E-state index contributed by atoms with van der Waals surface area (Å²) in [4.78, 5) is 0. The van der Waals surface area contributed by atoms with E-state index in [4.69, 9.17) is 0 Å². The van der Waals surface area contributed by atoms with Crippen molar-refractivity contribution in [2.24, 2.45) is 0 Å². The Morgan fingerprint density at radius 2 is 1.47 bits per heavy atom. The largest absolute Gasteiger partial charge is 0.508 e. The highest BCUT2D eigenvalue weighted by Gasteiger charge is 2.07. The maximum Gasteiger partial charge on any atom is 0.118 e. The summed E-state index contributed by atoms with van der Waals surface area (Å²) in [5.41, 5.74) is 4.87. The minimum atomic E-state index is 0.269. The Kier molecular flexibility index (Phi) is 2.80. The second-order valence-corrected chi connectivity index (χ2v) is 4.51. The molecule has 0 fully saturated rings. The first-order chi connectivity index (χ1) is 7.97. The molecule has 0 bridgehead atoms. The summed E-state index contributed by atoms with van der Waals surface area (Å²) in [6, 6.07) is 9.19. The van der Waals surface area contributed by atoms with E-state index in [0.717, 1.165) is 27.8 Å². The van der Waals surface area contributed by atoms with Gasteiger partial charge in [-0.2, -0.15) is 0 Å². The molecule has 0 aromatic heterocycles. The molecule has 0 aliphatic heterocycles. The first kappa shape index (κ1) is 11.5. The number of rotatable bonds is 1. The molecule has 0 amide bonds. The van der Waals surface area contributed by atoms with Crippen LogP contribution in [0.3, 0.4) is 0 Å². The predicted octanol–water partition coefficient (Wildman–Crippen LogP) is 3.69. The smallest absolute Gasteiger partial charge is 0.118 e. The highest BCUT2D eigenvalue weighted by atomic mass is 16.3. The molecule has 2 heteroatoms. The maximum atomic E-state index is 9.63. The van der Waals surface area contributed by atoms with Crippen LogP contribution in [0.25, 0.3) is 11.1 Å².